The third-order valence-electron chi connectivity index (χ3n) is 3.92. The molecule has 0 aromatic heterocycles. The average molecular weight is 422 g/mol. The summed E-state index contributed by atoms with van der Waals surface area (Å²) in [7, 11) is -4.71. The summed E-state index contributed by atoms with van der Waals surface area (Å²) in [6.07, 6.45) is 8.66. The van der Waals surface area contributed by atoms with Crippen molar-refractivity contribution in [1.82, 2.24) is 0 Å². The minimum atomic E-state index is -4.71. The number of esters is 2. The molecule has 0 aromatic carbocycles. The van der Waals surface area contributed by atoms with Crippen molar-refractivity contribution >= 4 is 19.8 Å². The number of phosphoric acid groups is 1. The molecule has 0 aromatic rings. The van der Waals surface area contributed by atoms with Crippen LogP contribution in [0.2, 0.25) is 0 Å². The summed E-state index contributed by atoms with van der Waals surface area (Å²) in [6.45, 7) is 6.56. The van der Waals surface area contributed by atoms with Crippen molar-refractivity contribution < 1.29 is 37.9 Å². The first-order valence-electron chi connectivity index (χ1n) is 9.92. The maximum absolute atomic E-state index is 11.9. The predicted octanol–water partition coefficient (Wildman–Crippen LogP) is 3.90. The van der Waals surface area contributed by atoms with Crippen molar-refractivity contribution in [1.29, 1.82) is 0 Å². The Labute approximate surface area is 168 Å². The molecule has 0 aliphatic heterocycles. The first kappa shape index (κ1) is 27.0. The summed E-state index contributed by atoms with van der Waals surface area (Å²) in [5.74, 6) is -0.995. The van der Waals surface area contributed by atoms with Crippen molar-refractivity contribution in [2.45, 2.75) is 83.2 Å². The fourth-order valence-corrected chi connectivity index (χ4v) is 2.76. The van der Waals surface area contributed by atoms with Gasteiger partial charge in [-0.15, -0.1) is 0 Å². The van der Waals surface area contributed by atoms with E-state index in [0.717, 1.165) is 32.1 Å². The fourth-order valence-electron chi connectivity index (χ4n) is 2.40. The largest absolute Gasteiger partial charge is 0.469 e. The van der Waals surface area contributed by atoms with Crippen LogP contribution in [0.4, 0.5) is 0 Å². The van der Waals surface area contributed by atoms with Gasteiger partial charge in [-0.2, -0.15) is 12.8 Å². The van der Waals surface area contributed by atoms with Gasteiger partial charge >= 0.3 is 19.8 Å². The highest BCUT2D eigenvalue weighted by Gasteiger charge is 2.22. The molecule has 166 valence electrons. The number of ether oxygens (including phenoxy) is 2. The maximum Gasteiger partial charge on any atom is 0.469 e. The van der Waals surface area contributed by atoms with Gasteiger partial charge in [0.15, 0.2) is 6.10 Å². The lowest BCUT2D eigenvalue weighted by Gasteiger charge is -2.18. The second-order valence-corrected chi connectivity index (χ2v) is 7.86. The predicted molar refractivity (Wildman–Crippen MR) is 105 cm³/mol. The van der Waals surface area contributed by atoms with Crippen LogP contribution in [0.15, 0.2) is 0 Å². The Morgan fingerprint density at radius 2 is 1.32 bits per heavy atom. The molecule has 0 heterocycles. The highest BCUT2D eigenvalue weighted by Crippen LogP contribution is 2.35. The van der Waals surface area contributed by atoms with E-state index in [0.29, 0.717) is 19.3 Å². The molecule has 28 heavy (non-hydrogen) atoms. The quantitative estimate of drug-likeness (QED) is 0.148. The number of phosphoric ester groups is 1. The Bertz CT molecular complexity index is 463. The molecule has 0 spiro atoms. The van der Waals surface area contributed by atoms with Gasteiger partial charge in [-0.25, -0.2) is 4.57 Å². The molecule has 0 rings (SSSR count). The normalized spacial score (nSPS) is 12.6. The number of hydrogen-bond acceptors (Lipinski definition) is 6. The summed E-state index contributed by atoms with van der Waals surface area (Å²) in [4.78, 5) is 41.1. The maximum atomic E-state index is 11.9. The summed E-state index contributed by atoms with van der Waals surface area (Å²) in [6, 6.07) is 0. The lowest BCUT2D eigenvalue weighted by atomic mass is 10.1. The van der Waals surface area contributed by atoms with Crippen LogP contribution in [-0.4, -0.2) is 41.0 Å². The van der Waals surface area contributed by atoms with Gasteiger partial charge in [-0.1, -0.05) is 44.9 Å². The Morgan fingerprint density at radius 3 is 1.89 bits per heavy atom. The van der Waals surface area contributed by atoms with E-state index < -0.39 is 32.5 Å². The molecule has 1 atom stereocenters. The van der Waals surface area contributed by atoms with Crippen LogP contribution < -0.4 is 0 Å². The van der Waals surface area contributed by atoms with Crippen molar-refractivity contribution in [2.75, 3.05) is 13.2 Å². The van der Waals surface area contributed by atoms with Crippen molar-refractivity contribution in [2.24, 2.45) is 0 Å². The van der Waals surface area contributed by atoms with E-state index in [1.54, 1.807) is 0 Å². The first-order chi connectivity index (χ1) is 13.3. The van der Waals surface area contributed by atoms with Crippen molar-refractivity contribution in [3.8, 4) is 0 Å². The third-order valence-corrected chi connectivity index (χ3v) is 4.40. The van der Waals surface area contributed by atoms with Crippen LogP contribution in [0.5, 0.6) is 0 Å². The SMILES string of the molecule is [CH2-]CCCCCCCCCC(=O)O[C@H](COC(=O)CCC[CH2-])COP(=O)(O)O. The van der Waals surface area contributed by atoms with Gasteiger partial charge in [-0.3, -0.25) is 14.1 Å². The summed E-state index contributed by atoms with van der Waals surface area (Å²) in [5.41, 5.74) is 0. The Hall–Kier alpha value is -0.950. The Morgan fingerprint density at radius 1 is 0.786 bits per heavy atom. The molecule has 0 amide bonds. The van der Waals surface area contributed by atoms with E-state index in [1.165, 1.54) is 12.8 Å². The molecule has 0 aliphatic carbocycles. The van der Waals surface area contributed by atoms with E-state index >= 15 is 0 Å². The molecule has 2 N–H and O–H groups in total. The molecule has 0 bridgehead atoms. The average Bonchev–Trinajstić information content (AvgIpc) is 2.63. The van der Waals surface area contributed by atoms with E-state index in [9.17, 15) is 14.2 Å². The van der Waals surface area contributed by atoms with Crippen LogP contribution in [0, 0.1) is 13.8 Å². The topological polar surface area (TPSA) is 119 Å². The second-order valence-electron chi connectivity index (χ2n) is 6.62. The fraction of sp³-hybridized carbons (Fsp3) is 0.789. The van der Waals surface area contributed by atoms with E-state index in [1.807, 2.05) is 0 Å². The van der Waals surface area contributed by atoms with Gasteiger partial charge in [0.25, 0.3) is 0 Å². The molecule has 0 fully saturated rings. The minimum Gasteiger partial charge on any atom is -0.462 e. The number of carbonyl (C=O) groups is 2. The molecule has 9 heteroatoms. The highest BCUT2D eigenvalue weighted by molar-refractivity contribution is 7.46. The molecule has 8 nitrogen and oxygen atoms in total. The molecule has 0 saturated carbocycles. The van der Waals surface area contributed by atoms with E-state index in [-0.39, 0.29) is 19.4 Å². The highest BCUT2D eigenvalue weighted by atomic mass is 31.2. The van der Waals surface area contributed by atoms with Crippen molar-refractivity contribution in [3.63, 3.8) is 0 Å². The first-order valence-corrected chi connectivity index (χ1v) is 11.4. The second kappa shape index (κ2) is 17.0. The molecule has 0 unspecified atom stereocenters. The monoisotopic (exact) mass is 422 g/mol. The summed E-state index contributed by atoms with van der Waals surface area (Å²) in [5, 5.41) is 0. The third kappa shape index (κ3) is 18.4. The number of carbonyl (C=O) groups excluding carboxylic acids is 2. The van der Waals surface area contributed by atoms with Crippen LogP contribution in [0.3, 0.4) is 0 Å². The minimum absolute atomic E-state index is 0.179. The zero-order chi connectivity index (χ0) is 21.3. The number of rotatable bonds is 18. The standard InChI is InChI=1S/C19H35O8P/c1-3-5-7-8-9-10-11-12-14-19(21)27-17(16-26-28(22,23)24)15-25-18(20)13-6-4-2/h17H,1-16H2,(H2,22,23,24)/q-2/t17-/m1/s1. The zero-order valence-electron chi connectivity index (χ0n) is 16.7. The Kier molecular flexibility index (Phi) is 16.4. The number of unbranched alkanes of at least 4 members (excludes halogenated alkanes) is 8. The lowest BCUT2D eigenvalue weighted by Crippen LogP contribution is -2.29. The smallest absolute Gasteiger partial charge is 0.462 e. The Balaban J connectivity index is 4.16. The van der Waals surface area contributed by atoms with Crippen LogP contribution in [0.25, 0.3) is 0 Å². The number of hydrogen-bond donors (Lipinski definition) is 2. The van der Waals surface area contributed by atoms with Gasteiger partial charge in [0.05, 0.1) is 6.61 Å². The van der Waals surface area contributed by atoms with Gasteiger partial charge < -0.3 is 33.1 Å². The van der Waals surface area contributed by atoms with Crippen molar-refractivity contribution in [3.05, 3.63) is 13.8 Å². The summed E-state index contributed by atoms with van der Waals surface area (Å²) >= 11 is 0. The molecule has 0 aliphatic rings. The molecular weight excluding hydrogens is 387 g/mol. The molecule has 0 radical (unpaired) electrons. The lowest BCUT2D eigenvalue weighted by molar-refractivity contribution is -0.161. The van der Waals surface area contributed by atoms with Gasteiger partial charge in [-0.05, 0) is 6.42 Å². The molecular formula is C19H35O8P-2. The van der Waals surface area contributed by atoms with Gasteiger partial charge in [0.1, 0.15) is 6.61 Å². The van der Waals surface area contributed by atoms with Gasteiger partial charge in [0.2, 0.25) is 0 Å². The zero-order valence-corrected chi connectivity index (χ0v) is 17.6. The van der Waals surface area contributed by atoms with Crippen LogP contribution >= 0.6 is 7.82 Å². The van der Waals surface area contributed by atoms with E-state index in [4.69, 9.17) is 19.3 Å². The van der Waals surface area contributed by atoms with E-state index in [2.05, 4.69) is 18.4 Å². The summed E-state index contributed by atoms with van der Waals surface area (Å²) < 4.78 is 25.4. The van der Waals surface area contributed by atoms with Gasteiger partial charge in [0, 0.05) is 12.8 Å². The molecule has 0 saturated heterocycles. The van der Waals surface area contributed by atoms with Crippen LogP contribution in [0.1, 0.15) is 77.0 Å². The van der Waals surface area contributed by atoms with Crippen LogP contribution in [-0.2, 0) is 28.2 Å².